The molecule has 0 unspecified atom stereocenters. The number of aromatic carboxylic acids is 1. The molecule has 0 radical (unpaired) electrons. The Morgan fingerprint density at radius 3 is 2.67 bits per heavy atom. The van der Waals surface area contributed by atoms with Crippen molar-refractivity contribution in [2.45, 2.75) is 19.8 Å². The highest BCUT2D eigenvalue weighted by molar-refractivity contribution is 7.08. The lowest BCUT2D eigenvalue weighted by molar-refractivity contribution is 0.0697. The molecule has 110 valence electrons. The van der Waals surface area contributed by atoms with Crippen molar-refractivity contribution in [1.29, 1.82) is 0 Å². The minimum absolute atomic E-state index is 0.0167. The summed E-state index contributed by atoms with van der Waals surface area (Å²) in [5.41, 5.74) is 1.03. The maximum Gasteiger partial charge on any atom is 0.337 e. The number of hydrogen-bond acceptors (Lipinski definition) is 5. The molecule has 0 saturated carbocycles. The molecule has 2 aromatic rings. The number of aromatic nitrogens is 2. The molecule has 0 aliphatic carbocycles. The third kappa shape index (κ3) is 3.37. The molecule has 0 bridgehead atoms. The molecule has 6 nitrogen and oxygen atoms in total. The van der Waals surface area contributed by atoms with Crippen LogP contribution in [0.4, 0.5) is 5.69 Å². The Bertz CT molecular complexity index is 700. The normalized spacial score (nSPS) is 10.7. The van der Waals surface area contributed by atoms with Gasteiger partial charge in [-0.1, -0.05) is 29.9 Å². The Kier molecular flexibility index (Phi) is 4.54. The largest absolute Gasteiger partial charge is 0.478 e. The van der Waals surface area contributed by atoms with E-state index in [1.165, 1.54) is 18.2 Å². The number of rotatable bonds is 4. The summed E-state index contributed by atoms with van der Waals surface area (Å²) in [6.07, 6.45) is 0. The molecule has 0 atom stereocenters. The van der Waals surface area contributed by atoms with Gasteiger partial charge in [-0.2, -0.15) is 0 Å². The van der Waals surface area contributed by atoms with E-state index in [9.17, 15) is 9.59 Å². The zero-order chi connectivity index (χ0) is 15.6. The second kappa shape index (κ2) is 6.19. The third-order valence-electron chi connectivity index (χ3n) is 2.72. The second-order valence-electron chi connectivity index (χ2n) is 4.60. The molecule has 0 aliphatic heterocycles. The molecule has 1 heterocycles. The number of anilines is 1. The molecule has 0 fully saturated rings. The topological polar surface area (TPSA) is 92.2 Å². The number of hydrogen-bond donors (Lipinski definition) is 2. The molecule has 2 N–H and O–H groups in total. The van der Waals surface area contributed by atoms with Gasteiger partial charge < -0.3 is 10.4 Å². The molecule has 0 aliphatic rings. The van der Waals surface area contributed by atoms with E-state index in [0.717, 1.165) is 11.5 Å². The smallest absolute Gasteiger partial charge is 0.337 e. The van der Waals surface area contributed by atoms with Crippen molar-refractivity contribution in [3.05, 3.63) is 39.4 Å². The first kappa shape index (κ1) is 15.4. The van der Waals surface area contributed by atoms with Gasteiger partial charge in [-0.15, -0.1) is 5.10 Å². The molecule has 0 spiro atoms. The van der Waals surface area contributed by atoms with Crippen molar-refractivity contribution in [1.82, 2.24) is 9.59 Å². The first-order chi connectivity index (χ1) is 9.90. The van der Waals surface area contributed by atoms with E-state index in [0.29, 0.717) is 16.3 Å². The van der Waals surface area contributed by atoms with Crippen LogP contribution in [0.5, 0.6) is 0 Å². The van der Waals surface area contributed by atoms with Crippen LogP contribution in [0.15, 0.2) is 18.2 Å². The van der Waals surface area contributed by atoms with E-state index in [4.69, 9.17) is 16.7 Å². The highest BCUT2D eigenvalue weighted by Gasteiger charge is 2.19. The van der Waals surface area contributed by atoms with Crippen molar-refractivity contribution in [3.63, 3.8) is 0 Å². The number of nitrogens with zero attached hydrogens (tertiary/aromatic N) is 2. The van der Waals surface area contributed by atoms with E-state index in [1.807, 2.05) is 13.8 Å². The fourth-order valence-electron chi connectivity index (χ4n) is 1.69. The summed E-state index contributed by atoms with van der Waals surface area (Å²) in [5, 5.41) is 15.6. The molecule has 1 aromatic carbocycles. The number of halogens is 1. The van der Waals surface area contributed by atoms with Crippen LogP contribution in [0.2, 0.25) is 5.02 Å². The van der Waals surface area contributed by atoms with Gasteiger partial charge in [-0.05, 0) is 35.6 Å². The average molecular weight is 326 g/mol. The van der Waals surface area contributed by atoms with Gasteiger partial charge in [0, 0.05) is 5.69 Å². The van der Waals surface area contributed by atoms with E-state index >= 15 is 0 Å². The van der Waals surface area contributed by atoms with Gasteiger partial charge in [0.05, 0.1) is 16.3 Å². The van der Waals surface area contributed by atoms with Crippen LogP contribution in [0.25, 0.3) is 0 Å². The molecular weight excluding hydrogens is 314 g/mol. The standard InChI is InChI=1S/C13H12ClN3O3S/c1-6(2)10-11(21-17-16-10)12(18)15-7-3-4-8(13(19)20)9(14)5-7/h3-6H,1-2H3,(H,15,18)(H,19,20). The molecule has 0 saturated heterocycles. The average Bonchev–Trinajstić information content (AvgIpc) is 2.87. The monoisotopic (exact) mass is 325 g/mol. The predicted octanol–water partition coefficient (Wildman–Crippen LogP) is 3.27. The Balaban J connectivity index is 2.22. The molecule has 21 heavy (non-hydrogen) atoms. The van der Waals surface area contributed by atoms with Gasteiger partial charge in [0.25, 0.3) is 5.91 Å². The number of carbonyl (C=O) groups excluding carboxylic acids is 1. The Morgan fingerprint density at radius 2 is 2.10 bits per heavy atom. The highest BCUT2D eigenvalue weighted by atomic mass is 35.5. The lowest BCUT2D eigenvalue weighted by Gasteiger charge is -2.07. The molecule has 2 rings (SSSR count). The highest BCUT2D eigenvalue weighted by Crippen LogP contribution is 2.24. The third-order valence-corrected chi connectivity index (χ3v) is 3.78. The van der Waals surface area contributed by atoms with Crippen molar-refractivity contribution in [2.24, 2.45) is 0 Å². The van der Waals surface area contributed by atoms with Crippen LogP contribution in [0.3, 0.4) is 0 Å². The summed E-state index contributed by atoms with van der Waals surface area (Å²) < 4.78 is 3.79. The lowest BCUT2D eigenvalue weighted by atomic mass is 10.1. The van der Waals surface area contributed by atoms with Gasteiger partial charge in [0.1, 0.15) is 4.88 Å². The van der Waals surface area contributed by atoms with Crippen LogP contribution in [-0.4, -0.2) is 26.6 Å². The maximum absolute atomic E-state index is 12.2. The number of carboxylic acid groups (broad SMARTS) is 1. The summed E-state index contributed by atoms with van der Waals surface area (Å²) in [7, 11) is 0. The van der Waals surface area contributed by atoms with E-state index in [1.54, 1.807) is 0 Å². The SMILES string of the molecule is CC(C)c1nnsc1C(=O)Nc1ccc(C(=O)O)c(Cl)c1. The van der Waals surface area contributed by atoms with Crippen LogP contribution in [0, 0.1) is 0 Å². The first-order valence-electron chi connectivity index (χ1n) is 6.06. The van der Waals surface area contributed by atoms with Crippen molar-refractivity contribution in [2.75, 3.05) is 5.32 Å². The van der Waals surface area contributed by atoms with E-state index < -0.39 is 5.97 Å². The Labute approximate surface area is 129 Å². The minimum atomic E-state index is -1.12. The second-order valence-corrected chi connectivity index (χ2v) is 5.76. The Morgan fingerprint density at radius 1 is 1.38 bits per heavy atom. The number of nitrogens with one attached hydrogen (secondary N) is 1. The fraction of sp³-hybridized carbons (Fsp3) is 0.231. The molecule has 8 heteroatoms. The van der Waals surface area contributed by atoms with Gasteiger partial charge in [-0.3, -0.25) is 4.79 Å². The number of carbonyl (C=O) groups is 2. The van der Waals surface area contributed by atoms with Gasteiger partial charge in [0.15, 0.2) is 0 Å². The zero-order valence-electron chi connectivity index (χ0n) is 11.3. The zero-order valence-corrected chi connectivity index (χ0v) is 12.8. The maximum atomic E-state index is 12.2. The predicted molar refractivity (Wildman–Crippen MR) is 80.4 cm³/mol. The number of carboxylic acids is 1. The number of benzene rings is 1. The summed E-state index contributed by atoms with van der Waals surface area (Å²) in [5.74, 6) is -1.37. The van der Waals surface area contributed by atoms with Crippen LogP contribution < -0.4 is 5.32 Å². The molecule has 1 amide bonds. The lowest BCUT2D eigenvalue weighted by Crippen LogP contribution is -2.13. The quantitative estimate of drug-likeness (QED) is 0.900. The molecular formula is C13H12ClN3O3S. The van der Waals surface area contributed by atoms with Crippen LogP contribution >= 0.6 is 23.1 Å². The summed E-state index contributed by atoms with van der Waals surface area (Å²) in [4.78, 5) is 23.5. The van der Waals surface area contributed by atoms with Crippen LogP contribution in [0.1, 0.15) is 45.5 Å². The Hall–Kier alpha value is -1.99. The summed E-state index contributed by atoms with van der Waals surface area (Å²) in [6.45, 7) is 3.85. The van der Waals surface area contributed by atoms with Crippen LogP contribution in [-0.2, 0) is 0 Å². The van der Waals surface area contributed by atoms with E-state index in [2.05, 4.69) is 14.9 Å². The van der Waals surface area contributed by atoms with Gasteiger partial charge >= 0.3 is 5.97 Å². The fourth-order valence-corrected chi connectivity index (χ4v) is 2.66. The first-order valence-corrected chi connectivity index (χ1v) is 7.21. The summed E-state index contributed by atoms with van der Waals surface area (Å²) >= 11 is 6.88. The summed E-state index contributed by atoms with van der Waals surface area (Å²) in [6, 6.07) is 4.22. The van der Waals surface area contributed by atoms with Crippen molar-refractivity contribution in [3.8, 4) is 0 Å². The van der Waals surface area contributed by atoms with Gasteiger partial charge in [0.2, 0.25) is 0 Å². The van der Waals surface area contributed by atoms with Crippen molar-refractivity contribution < 1.29 is 14.7 Å². The minimum Gasteiger partial charge on any atom is -0.478 e. The van der Waals surface area contributed by atoms with E-state index in [-0.39, 0.29) is 22.4 Å². The number of amides is 1. The van der Waals surface area contributed by atoms with Gasteiger partial charge in [-0.25, -0.2) is 4.79 Å². The molecule has 1 aromatic heterocycles. The van der Waals surface area contributed by atoms with Crippen molar-refractivity contribution >= 4 is 40.7 Å².